The Morgan fingerprint density at radius 1 is 0.671 bits per heavy atom. The van der Waals surface area contributed by atoms with E-state index in [2.05, 4.69) is 16.0 Å². The third kappa shape index (κ3) is 9.15. The smallest absolute Gasteiger partial charge is 0.258 e. The summed E-state index contributed by atoms with van der Waals surface area (Å²) in [5.74, 6) is -14.4. The molecule has 22 nitrogen and oxygen atoms in total. The van der Waals surface area contributed by atoms with E-state index < -0.39 is 127 Å². The molecule has 0 saturated carbocycles. The molecule has 0 spiro atoms. The van der Waals surface area contributed by atoms with Gasteiger partial charge < -0.3 is 72.3 Å². The summed E-state index contributed by atoms with van der Waals surface area (Å²) in [6.45, 7) is 9.86. The van der Waals surface area contributed by atoms with Crippen LogP contribution in [0.2, 0.25) is 0 Å². The van der Waals surface area contributed by atoms with Crippen molar-refractivity contribution in [2.45, 2.75) is 95.8 Å². The summed E-state index contributed by atoms with van der Waals surface area (Å²) in [5.41, 5.74) is -1.72. The number of fused-ring (bicyclic) bond motifs is 6. The van der Waals surface area contributed by atoms with E-state index in [1.165, 1.54) is 9.80 Å². The molecule has 0 bridgehead atoms. The quantitative estimate of drug-likeness (QED) is 0.121. The molecule has 8 rings (SSSR count). The number of nitrogens with one attached hydrogen (secondary N) is 3. The van der Waals surface area contributed by atoms with Gasteiger partial charge in [-0.15, -0.1) is 0 Å². The highest BCUT2D eigenvalue weighted by Crippen LogP contribution is 2.55. The molecular weight excluding hydrogens is 1020 g/mol. The Morgan fingerprint density at radius 2 is 1.18 bits per heavy atom. The predicted octanol–water partition coefficient (Wildman–Crippen LogP) is 2.25. The van der Waals surface area contributed by atoms with Crippen molar-refractivity contribution in [2.75, 3.05) is 79.3 Å². The molecule has 426 valence electrons. The Hall–Kier alpha value is -7.08. The van der Waals surface area contributed by atoms with Gasteiger partial charge in [-0.05, 0) is 102 Å². The summed E-state index contributed by atoms with van der Waals surface area (Å²) >= 11 is 0. The van der Waals surface area contributed by atoms with Gasteiger partial charge in [-0.25, -0.2) is 0 Å². The van der Waals surface area contributed by atoms with E-state index in [1.807, 2.05) is 20.8 Å². The van der Waals surface area contributed by atoms with Gasteiger partial charge in [0.2, 0.25) is 17.3 Å². The number of primary amides is 1. The molecule has 7 atom stereocenters. The van der Waals surface area contributed by atoms with Gasteiger partial charge >= 0.3 is 0 Å². The van der Waals surface area contributed by atoms with Crippen LogP contribution in [0.5, 0.6) is 11.5 Å². The number of hydrogen-bond acceptors (Lipinski definition) is 20. The Balaban J connectivity index is 1.06. The molecule has 0 saturated heterocycles. The second-order valence-corrected chi connectivity index (χ2v) is 24.6. The van der Waals surface area contributed by atoms with Gasteiger partial charge in [0, 0.05) is 105 Å². The number of Topliss-reactive ketones (excluding diaryl/α,β-unsaturated/α-hetero) is 4. The van der Waals surface area contributed by atoms with E-state index in [0.717, 1.165) is 0 Å². The number of likely N-dealkylation sites (N-methyl/N-ethyl adjacent to an activating group) is 2. The van der Waals surface area contributed by atoms with E-state index in [9.17, 15) is 69.6 Å². The van der Waals surface area contributed by atoms with Gasteiger partial charge in [0.15, 0.2) is 17.0 Å². The zero-order valence-electron chi connectivity index (χ0n) is 47.0. The number of aromatic hydroxyl groups is 2. The van der Waals surface area contributed by atoms with Crippen LogP contribution in [-0.4, -0.2) is 184 Å². The molecule has 2 aromatic rings. The fourth-order valence-electron chi connectivity index (χ4n) is 12.8. The molecule has 2 amide bonds. The first kappa shape index (κ1) is 58.1. The lowest BCUT2D eigenvalue weighted by Crippen LogP contribution is -2.63. The maximum atomic E-state index is 14.8. The summed E-state index contributed by atoms with van der Waals surface area (Å²) in [7, 11) is 13.2. The number of phenols is 2. The number of carbonyl (C=O) groups excluding carboxylic acids is 6. The van der Waals surface area contributed by atoms with Crippen molar-refractivity contribution >= 4 is 52.4 Å². The number of benzene rings is 2. The van der Waals surface area contributed by atoms with Gasteiger partial charge in [-0.3, -0.25) is 38.6 Å². The van der Waals surface area contributed by atoms with Crippen molar-refractivity contribution in [1.29, 1.82) is 0 Å². The van der Waals surface area contributed by atoms with Crippen molar-refractivity contribution in [3.8, 4) is 11.5 Å². The molecular formula is C57H74N8O14. The lowest BCUT2D eigenvalue weighted by molar-refractivity contribution is -0.149. The number of phenolic OH excluding ortho intramolecular Hbond substituents is 2. The van der Waals surface area contributed by atoms with Crippen LogP contribution in [0.25, 0.3) is 6.08 Å². The first-order chi connectivity index (χ1) is 36.5. The minimum absolute atomic E-state index is 0.0589. The molecule has 0 radical (unpaired) electrons. The third-order valence-electron chi connectivity index (χ3n) is 16.4. The number of anilines is 2. The molecule has 22 heteroatoms. The summed E-state index contributed by atoms with van der Waals surface area (Å²) in [4.78, 5) is 91.3. The number of nitrogens with zero attached hydrogens (tertiary/aromatic N) is 4. The first-order valence-corrected chi connectivity index (χ1v) is 26.1. The normalized spacial score (nSPS) is 25.9. The maximum absolute atomic E-state index is 14.8. The van der Waals surface area contributed by atoms with Crippen LogP contribution in [0, 0.1) is 23.2 Å². The van der Waals surface area contributed by atoms with Crippen molar-refractivity contribution in [1.82, 2.24) is 25.8 Å². The standard InChI is InChI=1S/C57H74N8O14/c1-54(2,3)22-59-20-26-18-32(62(6)7)28-15-25-17-31-41(65(12)13)47(71)39(51(75)57(31,79)49(73)35(25)45(69)36(28)42(26)66)53(77)61-55(4,5)23-60-21-27-19-33(63(8)9)29-14-24-16-30-40(64(10)11)46(70)38(52(58)76)50(74)56(30,78)48(72)34(24)44(68)37(29)43(27)67/h15,18-19,24,30-31,40-41,59-60,66-67,70-73,78-79H,14,16-17,20-23H2,1-13H3,(H2,58,76)(H,61,77)/t24-,30-,31-,40+,41-,56-,57-/m0/s1. The van der Waals surface area contributed by atoms with Gasteiger partial charge in [0.05, 0.1) is 28.8 Å². The zero-order valence-corrected chi connectivity index (χ0v) is 47.0. The van der Waals surface area contributed by atoms with Gasteiger partial charge in [0.1, 0.15) is 45.7 Å². The molecule has 0 fully saturated rings. The molecule has 6 aliphatic rings. The van der Waals surface area contributed by atoms with Crippen molar-refractivity contribution in [3.63, 3.8) is 0 Å². The number of rotatable bonds is 14. The second kappa shape index (κ2) is 19.9. The first-order valence-electron chi connectivity index (χ1n) is 26.1. The zero-order chi connectivity index (χ0) is 58.8. The van der Waals surface area contributed by atoms with E-state index in [4.69, 9.17) is 5.73 Å². The van der Waals surface area contributed by atoms with Crippen molar-refractivity contribution in [2.24, 2.45) is 28.9 Å². The van der Waals surface area contributed by atoms with Crippen molar-refractivity contribution in [3.05, 3.63) is 96.4 Å². The maximum Gasteiger partial charge on any atom is 0.258 e. The third-order valence-corrected chi connectivity index (χ3v) is 16.4. The number of ketones is 4. The largest absolute Gasteiger partial charge is 0.510 e. The molecule has 2 aromatic carbocycles. The second-order valence-electron chi connectivity index (χ2n) is 24.6. The van der Waals surface area contributed by atoms with Crippen LogP contribution >= 0.6 is 0 Å². The van der Waals surface area contributed by atoms with E-state index >= 15 is 0 Å². The Kier molecular flexibility index (Phi) is 14.6. The highest BCUT2D eigenvalue weighted by Gasteiger charge is 2.65. The number of carbonyl (C=O) groups is 6. The van der Waals surface area contributed by atoms with Gasteiger partial charge in [-0.1, -0.05) is 20.8 Å². The highest BCUT2D eigenvalue weighted by molar-refractivity contribution is 6.27. The number of amides is 2. The summed E-state index contributed by atoms with van der Waals surface area (Å²) in [6, 6.07) is 1.03. The number of allylic oxidation sites excluding steroid dienone is 3. The van der Waals surface area contributed by atoms with E-state index in [-0.39, 0.29) is 77.9 Å². The van der Waals surface area contributed by atoms with Crippen molar-refractivity contribution < 1.29 is 69.6 Å². The number of aliphatic hydroxyl groups excluding tert-OH is 4. The minimum atomic E-state index is -2.90. The molecule has 0 unspecified atom stereocenters. The summed E-state index contributed by atoms with van der Waals surface area (Å²) in [6.07, 6.45) is 1.39. The molecule has 13 N–H and O–H groups in total. The van der Waals surface area contributed by atoms with Crippen LogP contribution in [0.3, 0.4) is 0 Å². The van der Waals surface area contributed by atoms with Gasteiger partial charge in [-0.2, -0.15) is 0 Å². The number of hydrogen-bond donors (Lipinski definition) is 12. The summed E-state index contributed by atoms with van der Waals surface area (Å²) < 4.78 is 0. The van der Waals surface area contributed by atoms with E-state index in [1.54, 1.807) is 98.2 Å². The Bertz CT molecular complexity index is 3210. The van der Waals surface area contributed by atoms with Crippen LogP contribution < -0.4 is 31.5 Å². The fourth-order valence-corrected chi connectivity index (χ4v) is 12.8. The minimum Gasteiger partial charge on any atom is -0.510 e. The van der Waals surface area contributed by atoms with Crippen LogP contribution in [0.4, 0.5) is 11.4 Å². The molecule has 6 aliphatic carbocycles. The average molecular weight is 1100 g/mol. The fraction of sp³-hybridized carbons (Fsp3) is 0.509. The monoisotopic (exact) mass is 1090 g/mol. The Morgan fingerprint density at radius 3 is 1.72 bits per heavy atom. The van der Waals surface area contributed by atoms with E-state index in [0.29, 0.717) is 34.6 Å². The van der Waals surface area contributed by atoms with Gasteiger partial charge in [0.25, 0.3) is 11.8 Å². The number of aliphatic hydroxyl groups is 6. The topological polar surface area (TPSA) is 339 Å². The van der Waals surface area contributed by atoms with Crippen LogP contribution in [0.1, 0.15) is 90.4 Å². The molecule has 79 heavy (non-hydrogen) atoms. The predicted molar refractivity (Wildman–Crippen MR) is 293 cm³/mol. The molecule has 0 aliphatic heterocycles. The molecule has 0 heterocycles. The highest BCUT2D eigenvalue weighted by atomic mass is 16.4. The lowest BCUT2D eigenvalue weighted by atomic mass is 9.58. The molecule has 0 aromatic heterocycles. The lowest BCUT2D eigenvalue weighted by Gasteiger charge is -2.50. The summed E-state index contributed by atoms with van der Waals surface area (Å²) in [5, 5.41) is 105. The average Bonchev–Trinajstić information content (AvgIpc) is 3.45. The Labute approximate surface area is 458 Å². The van der Waals surface area contributed by atoms with Crippen LogP contribution in [0.15, 0.2) is 63.0 Å². The number of nitrogens with two attached hydrogens (primary N) is 1. The SMILES string of the molecule is CN(C)c1cc(CNCC(C)(C)C)c(O)c2c1C=C1C[C@H]3[C@H](N(C)C)C(O)=C(C(=O)NC(C)(C)CNCc4cc(N(C)C)c5c(c4O)C(=O)C4=C(O)[C@]6(O)C(=O)C(C(N)=O)=C(O)[C@H](N(C)C)[C@@H]6C[C@@H]4C5)C(=O)[C@@]3(O)C(O)=C1C2=O. The van der Waals surface area contributed by atoms with Crippen LogP contribution in [-0.2, 0) is 38.7 Å².